The largest absolute Gasteiger partial charge is 0.494 e. The number of aryl methyl sites for hydroxylation is 1. The monoisotopic (exact) mass is 497 g/mol. The maximum absolute atomic E-state index is 13.8. The molecule has 3 aromatic rings. The fourth-order valence-corrected chi connectivity index (χ4v) is 3.65. The van der Waals surface area contributed by atoms with Crippen LogP contribution in [0.25, 0.3) is 11.3 Å². The second-order valence-electron chi connectivity index (χ2n) is 8.02. The molecule has 0 saturated carbocycles. The highest BCUT2D eigenvalue weighted by Crippen LogP contribution is 2.31. The predicted octanol–water partition coefficient (Wildman–Crippen LogP) is 3.65. The van der Waals surface area contributed by atoms with Crippen LogP contribution in [0, 0.1) is 18.7 Å². The molecule has 0 bridgehead atoms. The second kappa shape index (κ2) is 12.2. The number of hydrogen-bond acceptors (Lipinski definition) is 8. The molecule has 0 amide bonds. The maximum atomic E-state index is 13.8. The van der Waals surface area contributed by atoms with Crippen LogP contribution in [0.4, 0.5) is 4.39 Å². The fourth-order valence-electron chi connectivity index (χ4n) is 3.65. The quantitative estimate of drug-likeness (QED) is 0.365. The lowest BCUT2D eigenvalue weighted by atomic mass is 9.93. The van der Waals surface area contributed by atoms with E-state index in [0.29, 0.717) is 34.1 Å². The summed E-state index contributed by atoms with van der Waals surface area (Å²) in [6, 6.07) is 12.0. The van der Waals surface area contributed by atoms with Gasteiger partial charge < -0.3 is 24.4 Å². The van der Waals surface area contributed by atoms with E-state index < -0.39 is 18.3 Å². The van der Waals surface area contributed by atoms with Crippen LogP contribution in [0.3, 0.4) is 0 Å². The summed E-state index contributed by atoms with van der Waals surface area (Å²) < 4.78 is 29.7. The van der Waals surface area contributed by atoms with Crippen molar-refractivity contribution in [2.24, 2.45) is 5.92 Å². The van der Waals surface area contributed by atoms with Crippen LogP contribution < -0.4 is 14.2 Å². The summed E-state index contributed by atoms with van der Waals surface area (Å²) in [4.78, 5) is 30.5. The van der Waals surface area contributed by atoms with Crippen LogP contribution in [-0.4, -0.2) is 60.8 Å². The molecule has 0 aliphatic heterocycles. The molecule has 1 aromatic heterocycles. The standard InChI is InChI=1S/C27H28FNO7/c1-16-12-18(4-6-20(16)28)26-24(34-2)9-7-21(29-26)27(33)19(15-31)13-22(32)17-5-8-23(36-11-10-30)25(14-17)35-3/h4-9,12,14,19,30-31H,10-11,13,15H2,1-3H3/t19-/m0/s1. The van der Waals surface area contributed by atoms with Crippen molar-refractivity contribution in [3.05, 3.63) is 71.2 Å². The SMILES string of the molecule is COc1cc(C(=O)C[C@@H](CO)C(=O)c2ccc(OC)c(-c3ccc(F)c(C)c3)n2)ccc1OCCO. The predicted molar refractivity (Wildman–Crippen MR) is 130 cm³/mol. The molecule has 1 atom stereocenters. The molecule has 0 unspecified atom stereocenters. The van der Waals surface area contributed by atoms with Gasteiger partial charge in [0.2, 0.25) is 0 Å². The topological polar surface area (TPSA) is 115 Å². The minimum absolute atomic E-state index is 0.0463. The Bertz CT molecular complexity index is 1240. The minimum Gasteiger partial charge on any atom is -0.494 e. The highest BCUT2D eigenvalue weighted by atomic mass is 19.1. The van der Waals surface area contributed by atoms with E-state index in [-0.39, 0.29) is 42.5 Å². The van der Waals surface area contributed by atoms with Crippen molar-refractivity contribution in [1.82, 2.24) is 4.98 Å². The Balaban J connectivity index is 1.85. The van der Waals surface area contributed by atoms with Crippen molar-refractivity contribution in [1.29, 1.82) is 0 Å². The van der Waals surface area contributed by atoms with E-state index in [9.17, 15) is 19.1 Å². The first-order valence-corrected chi connectivity index (χ1v) is 11.2. The lowest BCUT2D eigenvalue weighted by Gasteiger charge is -2.15. The number of methoxy groups -OCH3 is 2. The van der Waals surface area contributed by atoms with Gasteiger partial charge in [0.15, 0.2) is 23.1 Å². The third-order valence-corrected chi connectivity index (χ3v) is 5.62. The molecule has 0 saturated heterocycles. The minimum atomic E-state index is -1.03. The van der Waals surface area contributed by atoms with Crippen molar-refractivity contribution in [2.45, 2.75) is 13.3 Å². The second-order valence-corrected chi connectivity index (χ2v) is 8.02. The fraction of sp³-hybridized carbons (Fsp3) is 0.296. The maximum Gasteiger partial charge on any atom is 0.187 e. The van der Waals surface area contributed by atoms with Gasteiger partial charge in [0.25, 0.3) is 0 Å². The Morgan fingerprint density at radius 3 is 2.33 bits per heavy atom. The average molecular weight is 498 g/mol. The summed E-state index contributed by atoms with van der Waals surface area (Å²) in [5, 5.41) is 18.9. The molecule has 0 radical (unpaired) electrons. The number of carbonyl (C=O) groups excluding carboxylic acids is 2. The lowest BCUT2D eigenvalue weighted by Crippen LogP contribution is -2.23. The van der Waals surface area contributed by atoms with Crippen LogP contribution in [0.2, 0.25) is 0 Å². The van der Waals surface area contributed by atoms with Crippen LogP contribution >= 0.6 is 0 Å². The van der Waals surface area contributed by atoms with Crippen molar-refractivity contribution >= 4 is 11.6 Å². The molecule has 2 N–H and O–H groups in total. The number of aromatic nitrogens is 1. The number of nitrogens with zero attached hydrogens (tertiary/aromatic N) is 1. The summed E-state index contributed by atoms with van der Waals surface area (Å²) in [5.74, 6) is -1.22. The number of Topliss-reactive ketones (excluding diaryl/α,β-unsaturated/α-hetero) is 2. The number of aliphatic hydroxyl groups excluding tert-OH is 2. The normalized spacial score (nSPS) is 11.6. The summed E-state index contributed by atoms with van der Waals surface area (Å²) in [6.45, 7) is 0.956. The van der Waals surface area contributed by atoms with Crippen LogP contribution in [0.1, 0.15) is 32.8 Å². The number of pyridine rings is 1. The number of rotatable bonds is 12. The number of benzene rings is 2. The summed E-state index contributed by atoms with van der Waals surface area (Å²) in [5.41, 5.74) is 1.64. The zero-order valence-electron chi connectivity index (χ0n) is 20.3. The van der Waals surface area contributed by atoms with E-state index in [1.807, 2.05) is 0 Å². The van der Waals surface area contributed by atoms with Crippen LogP contribution in [0.5, 0.6) is 17.2 Å². The van der Waals surface area contributed by atoms with Gasteiger partial charge in [-0.2, -0.15) is 0 Å². The van der Waals surface area contributed by atoms with E-state index in [1.165, 1.54) is 44.6 Å². The molecule has 0 spiro atoms. The van der Waals surface area contributed by atoms with Gasteiger partial charge in [-0.15, -0.1) is 0 Å². The first-order valence-electron chi connectivity index (χ1n) is 11.2. The molecule has 3 rings (SSSR count). The summed E-state index contributed by atoms with van der Waals surface area (Å²) in [7, 11) is 2.88. The zero-order chi connectivity index (χ0) is 26.2. The van der Waals surface area contributed by atoms with Gasteiger partial charge in [0, 0.05) is 17.5 Å². The molecule has 1 heterocycles. The molecule has 190 valence electrons. The van der Waals surface area contributed by atoms with Gasteiger partial charge in [-0.3, -0.25) is 9.59 Å². The molecule has 8 nitrogen and oxygen atoms in total. The number of hydrogen-bond donors (Lipinski definition) is 2. The van der Waals surface area contributed by atoms with E-state index in [4.69, 9.17) is 19.3 Å². The summed E-state index contributed by atoms with van der Waals surface area (Å²) in [6.07, 6.45) is -0.256. The van der Waals surface area contributed by atoms with Gasteiger partial charge in [-0.25, -0.2) is 9.37 Å². The Kier molecular flexibility index (Phi) is 9.10. The third kappa shape index (κ3) is 6.05. The van der Waals surface area contributed by atoms with E-state index >= 15 is 0 Å². The molecule has 0 aliphatic rings. The molecule has 36 heavy (non-hydrogen) atoms. The Hall–Kier alpha value is -3.82. The first-order chi connectivity index (χ1) is 17.3. The molecular weight excluding hydrogens is 469 g/mol. The van der Waals surface area contributed by atoms with Crippen LogP contribution in [0.15, 0.2) is 48.5 Å². The Morgan fingerprint density at radius 1 is 0.972 bits per heavy atom. The summed E-state index contributed by atoms with van der Waals surface area (Å²) >= 11 is 0. The lowest BCUT2D eigenvalue weighted by molar-refractivity contribution is 0.0787. The van der Waals surface area contributed by atoms with Gasteiger partial charge in [-0.05, 0) is 61.0 Å². The van der Waals surface area contributed by atoms with Gasteiger partial charge in [0.05, 0.1) is 33.4 Å². The number of aliphatic hydroxyl groups is 2. The molecule has 2 aromatic carbocycles. The van der Waals surface area contributed by atoms with Crippen molar-refractivity contribution in [3.8, 4) is 28.5 Å². The zero-order valence-corrected chi connectivity index (χ0v) is 20.3. The van der Waals surface area contributed by atoms with E-state index in [2.05, 4.69) is 4.98 Å². The van der Waals surface area contributed by atoms with E-state index in [0.717, 1.165) is 0 Å². The van der Waals surface area contributed by atoms with Gasteiger partial charge >= 0.3 is 0 Å². The van der Waals surface area contributed by atoms with Crippen molar-refractivity contribution in [3.63, 3.8) is 0 Å². The number of halogens is 1. The number of carbonyl (C=O) groups is 2. The first kappa shape index (κ1) is 26.8. The highest BCUT2D eigenvalue weighted by molar-refractivity contribution is 6.03. The van der Waals surface area contributed by atoms with Crippen molar-refractivity contribution < 1.29 is 38.4 Å². The third-order valence-electron chi connectivity index (χ3n) is 5.62. The van der Waals surface area contributed by atoms with Gasteiger partial charge in [0.1, 0.15) is 29.6 Å². The van der Waals surface area contributed by atoms with Crippen LogP contribution in [-0.2, 0) is 0 Å². The Morgan fingerprint density at radius 2 is 1.69 bits per heavy atom. The number of ether oxygens (including phenoxy) is 3. The highest BCUT2D eigenvalue weighted by Gasteiger charge is 2.26. The van der Waals surface area contributed by atoms with Gasteiger partial charge in [-0.1, -0.05) is 0 Å². The molecule has 9 heteroatoms. The average Bonchev–Trinajstić information content (AvgIpc) is 2.91. The molecule has 0 aliphatic carbocycles. The molecular formula is C27H28FNO7. The van der Waals surface area contributed by atoms with E-state index in [1.54, 1.807) is 25.1 Å². The molecule has 0 fully saturated rings. The smallest absolute Gasteiger partial charge is 0.187 e. The number of ketones is 2. The van der Waals surface area contributed by atoms with Crippen molar-refractivity contribution in [2.75, 3.05) is 34.0 Å². The Labute approximate surface area is 208 Å².